The Morgan fingerprint density at radius 1 is 1.07 bits per heavy atom. The van der Waals surface area contributed by atoms with Gasteiger partial charge in [-0.2, -0.15) is 0 Å². The quantitative estimate of drug-likeness (QED) is 0.670. The molecule has 0 aliphatic carbocycles. The van der Waals surface area contributed by atoms with Crippen LogP contribution < -0.4 is 20.1 Å². The molecule has 144 valence electrons. The fraction of sp³-hybridized carbons (Fsp3) is 0.222. The fourth-order valence-electron chi connectivity index (χ4n) is 2.37. The molecule has 8 nitrogen and oxygen atoms in total. The van der Waals surface area contributed by atoms with Crippen molar-refractivity contribution in [2.24, 2.45) is 0 Å². The smallest absolute Gasteiger partial charge is 0.261 e. The molecule has 27 heavy (non-hydrogen) atoms. The van der Waals surface area contributed by atoms with Crippen LogP contribution in [0.1, 0.15) is 24.2 Å². The van der Waals surface area contributed by atoms with Crippen molar-refractivity contribution in [3.8, 4) is 5.75 Å². The Morgan fingerprint density at radius 2 is 1.78 bits per heavy atom. The van der Waals surface area contributed by atoms with E-state index in [9.17, 15) is 18.0 Å². The summed E-state index contributed by atoms with van der Waals surface area (Å²) in [6.07, 6.45) is 0. The molecule has 0 aliphatic heterocycles. The van der Waals surface area contributed by atoms with Crippen LogP contribution in [-0.2, 0) is 14.8 Å². The molecule has 2 amide bonds. The zero-order valence-electron chi connectivity index (χ0n) is 15.2. The van der Waals surface area contributed by atoms with Crippen molar-refractivity contribution in [2.45, 2.75) is 18.7 Å². The third-order valence-corrected chi connectivity index (χ3v) is 4.88. The number of methoxy groups -OCH3 is 1. The SMILES string of the molecule is CCNC(=O)c1cc(S(=O)(=O)Nc2cccc(NC(C)=O)c2)ccc1OC. The van der Waals surface area contributed by atoms with Gasteiger partial charge in [-0.25, -0.2) is 8.42 Å². The molecule has 2 rings (SSSR count). The number of sulfonamides is 1. The zero-order chi connectivity index (χ0) is 20.0. The second kappa shape index (κ2) is 8.54. The van der Waals surface area contributed by atoms with Crippen molar-refractivity contribution in [2.75, 3.05) is 23.7 Å². The Bertz CT molecular complexity index is 957. The Hall–Kier alpha value is -3.07. The van der Waals surface area contributed by atoms with E-state index in [1.54, 1.807) is 25.1 Å². The summed E-state index contributed by atoms with van der Waals surface area (Å²) in [6, 6.07) is 10.3. The summed E-state index contributed by atoms with van der Waals surface area (Å²) >= 11 is 0. The summed E-state index contributed by atoms with van der Waals surface area (Å²) in [7, 11) is -2.55. The van der Waals surface area contributed by atoms with Crippen molar-refractivity contribution in [3.05, 3.63) is 48.0 Å². The molecule has 0 unspecified atom stereocenters. The molecule has 3 N–H and O–H groups in total. The van der Waals surface area contributed by atoms with E-state index in [4.69, 9.17) is 4.74 Å². The highest BCUT2D eigenvalue weighted by molar-refractivity contribution is 7.92. The Kier molecular flexibility index (Phi) is 6.40. The predicted octanol–water partition coefficient (Wildman–Crippen LogP) is 2.20. The lowest BCUT2D eigenvalue weighted by Crippen LogP contribution is -2.24. The number of hydrogen-bond donors (Lipinski definition) is 3. The summed E-state index contributed by atoms with van der Waals surface area (Å²) in [4.78, 5) is 23.2. The molecule has 0 radical (unpaired) electrons. The second-order valence-corrected chi connectivity index (χ2v) is 7.27. The van der Waals surface area contributed by atoms with E-state index in [2.05, 4.69) is 15.4 Å². The van der Waals surface area contributed by atoms with E-state index in [1.165, 1.54) is 38.3 Å². The molecule has 0 aliphatic rings. The van der Waals surface area contributed by atoms with Crippen LogP contribution in [0.25, 0.3) is 0 Å². The number of rotatable bonds is 7. The van der Waals surface area contributed by atoms with Gasteiger partial charge in [-0.15, -0.1) is 0 Å². The minimum Gasteiger partial charge on any atom is -0.496 e. The van der Waals surface area contributed by atoms with Gasteiger partial charge in [-0.05, 0) is 43.3 Å². The monoisotopic (exact) mass is 391 g/mol. The lowest BCUT2D eigenvalue weighted by atomic mass is 10.2. The third-order valence-electron chi connectivity index (χ3n) is 3.50. The molecule has 0 heterocycles. The number of benzene rings is 2. The van der Waals surface area contributed by atoms with E-state index < -0.39 is 15.9 Å². The van der Waals surface area contributed by atoms with Crippen molar-refractivity contribution >= 4 is 33.2 Å². The minimum atomic E-state index is -3.95. The van der Waals surface area contributed by atoms with Crippen LogP contribution in [0.15, 0.2) is 47.4 Å². The van der Waals surface area contributed by atoms with Gasteiger partial charge in [0.15, 0.2) is 0 Å². The maximum atomic E-state index is 12.7. The summed E-state index contributed by atoms with van der Waals surface area (Å²) in [6.45, 7) is 3.51. The maximum Gasteiger partial charge on any atom is 0.261 e. The number of amides is 2. The Labute approximate surface area is 158 Å². The van der Waals surface area contributed by atoms with Gasteiger partial charge < -0.3 is 15.4 Å². The highest BCUT2D eigenvalue weighted by atomic mass is 32.2. The van der Waals surface area contributed by atoms with Crippen molar-refractivity contribution in [1.82, 2.24) is 5.32 Å². The minimum absolute atomic E-state index is 0.0884. The van der Waals surface area contributed by atoms with E-state index in [0.717, 1.165) is 0 Å². The molecule has 2 aromatic carbocycles. The molecule has 0 aromatic heterocycles. The molecule has 0 bridgehead atoms. The lowest BCUT2D eigenvalue weighted by Gasteiger charge is -2.13. The van der Waals surface area contributed by atoms with Crippen molar-refractivity contribution < 1.29 is 22.7 Å². The first-order valence-corrected chi connectivity index (χ1v) is 9.62. The topological polar surface area (TPSA) is 114 Å². The molecule has 0 fully saturated rings. The van der Waals surface area contributed by atoms with Crippen LogP contribution in [0.5, 0.6) is 5.75 Å². The van der Waals surface area contributed by atoms with E-state index in [-0.39, 0.29) is 27.8 Å². The number of ether oxygens (including phenoxy) is 1. The summed E-state index contributed by atoms with van der Waals surface area (Å²) < 4.78 is 33.0. The molecule has 0 saturated carbocycles. The van der Waals surface area contributed by atoms with Crippen LogP contribution >= 0.6 is 0 Å². The van der Waals surface area contributed by atoms with Crippen LogP contribution in [0, 0.1) is 0 Å². The van der Waals surface area contributed by atoms with Crippen LogP contribution in [0.2, 0.25) is 0 Å². The molecule has 0 saturated heterocycles. The molecular weight excluding hydrogens is 370 g/mol. The van der Waals surface area contributed by atoms with E-state index in [1.807, 2.05) is 0 Å². The number of carbonyl (C=O) groups excluding carboxylic acids is 2. The lowest BCUT2D eigenvalue weighted by molar-refractivity contribution is -0.114. The summed E-state index contributed by atoms with van der Waals surface area (Å²) in [5.41, 5.74) is 0.853. The van der Waals surface area contributed by atoms with Gasteiger partial charge in [0.2, 0.25) is 5.91 Å². The number of nitrogens with one attached hydrogen (secondary N) is 3. The van der Waals surface area contributed by atoms with Crippen molar-refractivity contribution in [3.63, 3.8) is 0 Å². The maximum absolute atomic E-state index is 12.7. The second-order valence-electron chi connectivity index (χ2n) is 5.59. The third kappa shape index (κ3) is 5.20. The van der Waals surface area contributed by atoms with Gasteiger partial charge in [0.1, 0.15) is 5.75 Å². The molecular formula is C18H21N3O5S. The summed E-state index contributed by atoms with van der Waals surface area (Å²) in [5, 5.41) is 5.20. The first kappa shape index (κ1) is 20.2. The average Bonchev–Trinajstić information content (AvgIpc) is 2.60. The first-order chi connectivity index (χ1) is 12.8. The first-order valence-electron chi connectivity index (χ1n) is 8.13. The molecule has 0 spiro atoms. The van der Waals surface area contributed by atoms with Crippen LogP contribution in [0.3, 0.4) is 0 Å². The van der Waals surface area contributed by atoms with E-state index in [0.29, 0.717) is 12.2 Å². The summed E-state index contributed by atoms with van der Waals surface area (Å²) in [5.74, 6) is -0.427. The zero-order valence-corrected chi connectivity index (χ0v) is 16.0. The van der Waals surface area contributed by atoms with Gasteiger partial charge in [0.25, 0.3) is 15.9 Å². The molecule has 2 aromatic rings. The predicted molar refractivity (Wildman–Crippen MR) is 103 cm³/mol. The van der Waals surface area contributed by atoms with Gasteiger partial charge in [-0.3, -0.25) is 14.3 Å². The normalized spacial score (nSPS) is 10.8. The standard InChI is InChI=1S/C18H21N3O5S/c1-4-19-18(23)16-11-15(8-9-17(16)26-3)27(24,25)21-14-7-5-6-13(10-14)20-12(2)22/h5-11,21H,4H2,1-3H3,(H,19,23)(H,20,22). The average molecular weight is 391 g/mol. The van der Waals surface area contributed by atoms with Crippen LogP contribution in [-0.4, -0.2) is 33.9 Å². The van der Waals surface area contributed by atoms with Crippen LogP contribution in [0.4, 0.5) is 11.4 Å². The molecule has 0 atom stereocenters. The number of hydrogen-bond acceptors (Lipinski definition) is 5. The van der Waals surface area contributed by atoms with Crippen molar-refractivity contribution in [1.29, 1.82) is 0 Å². The largest absolute Gasteiger partial charge is 0.496 e. The Morgan fingerprint density at radius 3 is 2.41 bits per heavy atom. The van der Waals surface area contributed by atoms with E-state index >= 15 is 0 Å². The van der Waals surface area contributed by atoms with Gasteiger partial charge >= 0.3 is 0 Å². The highest BCUT2D eigenvalue weighted by Crippen LogP contribution is 2.25. The highest BCUT2D eigenvalue weighted by Gasteiger charge is 2.20. The molecule has 9 heteroatoms. The number of anilines is 2. The van der Waals surface area contributed by atoms with Gasteiger partial charge in [0.05, 0.1) is 23.3 Å². The van der Waals surface area contributed by atoms with Gasteiger partial charge in [0, 0.05) is 19.2 Å². The number of carbonyl (C=O) groups is 2. The Balaban J connectivity index is 2.35. The fourth-order valence-corrected chi connectivity index (χ4v) is 3.44. The van der Waals surface area contributed by atoms with Gasteiger partial charge in [-0.1, -0.05) is 6.07 Å².